The van der Waals surface area contributed by atoms with Crippen molar-refractivity contribution in [2.45, 2.75) is 110 Å². The van der Waals surface area contributed by atoms with Gasteiger partial charge in [0.25, 0.3) is 0 Å². The van der Waals surface area contributed by atoms with Crippen molar-refractivity contribution in [3.8, 4) is 0 Å². The molecule has 0 aliphatic heterocycles. The van der Waals surface area contributed by atoms with Crippen molar-refractivity contribution in [2.75, 3.05) is 46.9 Å². The third-order valence-electron chi connectivity index (χ3n) is 5.81. The van der Waals surface area contributed by atoms with Crippen LogP contribution in [0.1, 0.15) is 85.5 Å². The van der Waals surface area contributed by atoms with Gasteiger partial charge in [-0.05, 0) is 32.1 Å². The van der Waals surface area contributed by atoms with Crippen molar-refractivity contribution in [1.29, 1.82) is 0 Å². The minimum Gasteiger partial charge on any atom is -0.381 e. The Balaban J connectivity index is 3.01. The molecule has 0 aromatic carbocycles. The quantitative estimate of drug-likeness (QED) is 0.185. The lowest BCUT2D eigenvalue weighted by molar-refractivity contribution is -0.237. The first-order chi connectivity index (χ1) is 15.2. The van der Waals surface area contributed by atoms with Crippen molar-refractivity contribution in [3.05, 3.63) is 0 Å². The molecule has 0 aromatic rings. The summed E-state index contributed by atoms with van der Waals surface area (Å²) in [6.07, 6.45) is 9.02. The fourth-order valence-electron chi connectivity index (χ4n) is 3.91. The van der Waals surface area contributed by atoms with Crippen molar-refractivity contribution in [2.24, 2.45) is 5.92 Å². The lowest BCUT2D eigenvalue weighted by atomic mass is 9.80. The maximum Gasteiger partial charge on any atom is 0.146 e. The van der Waals surface area contributed by atoms with E-state index in [4.69, 9.17) is 28.4 Å². The van der Waals surface area contributed by atoms with Crippen LogP contribution in [0.15, 0.2) is 0 Å². The number of rotatable bonds is 20. The maximum absolute atomic E-state index is 6.45. The van der Waals surface area contributed by atoms with E-state index < -0.39 is 0 Å². The number of hydrogen-bond donors (Lipinski definition) is 0. The van der Waals surface area contributed by atoms with E-state index in [0.29, 0.717) is 19.8 Å². The first-order valence-electron chi connectivity index (χ1n) is 12.8. The van der Waals surface area contributed by atoms with Gasteiger partial charge < -0.3 is 28.4 Å². The highest BCUT2D eigenvalue weighted by atomic mass is 16.7. The average Bonchev–Trinajstić information content (AvgIpc) is 2.78. The minimum absolute atomic E-state index is 0.0425. The summed E-state index contributed by atoms with van der Waals surface area (Å²) < 4.78 is 36.7. The Hall–Kier alpha value is -0.240. The van der Waals surface area contributed by atoms with Gasteiger partial charge in [-0.2, -0.15) is 0 Å². The molecule has 1 rings (SSSR count). The van der Waals surface area contributed by atoms with Gasteiger partial charge in [0.2, 0.25) is 0 Å². The summed E-state index contributed by atoms with van der Waals surface area (Å²) in [7, 11) is 1.66. The Morgan fingerprint density at radius 2 is 1.13 bits per heavy atom. The fraction of sp³-hybridized carbons (Fsp3) is 1.00. The molecule has 1 saturated carbocycles. The molecule has 0 N–H and O–H groups in total. The third-order valence-corrected chi connectivity index (χ3v) is 5.81. The van der Waals surface area contributed by atoms with Gasteiger partial charge in [-0.15, -0.1) is 0 Å². The van der Waals surface area contributed by atoms with E-state index >= 15 is 0 Å². The summed E-state index contributed by atoms with van der Waals surface area (Å²) >= 11 is 0. The second kappa shape index (κ2) is 19.2. The lowest BCUT2D eigenvalue weighted by Crippen LogP contribution is -2.58. The zero-order chi connectivity index (χ0) is 22.7. The molecular weight excluding hydrogens is 396 g/mol. The second-order valence-electron chi connectivity index (χ2n) is 8.60. The largest absolute Gasteiger partial charge is 0.381 e. The fourth-order valence-corrected chi connectivity index (χ4v) is 3.91. The van der Waals surface area contributed by atoms with E-state index in [1.54, 1.807) is 7.11 Å². The van der Waals surface area contributed by atoms with Crippen LogP contribution in [0.4, 0.5) is 0 Å². The van der Waals surface area contributed by atoms with Crippen LogP contribution in [0.25, 0.3) is 0 Å². The van der Waals surface area contributed by atoms with Crippen LogP contribution < -0.4 is 0 Å². The van der Waals surface area contributed by atoms with Crippen LogP contribution in [0, 0.1) is 5.92 Å². The molecule has 0 aromatic heterocycles. The highest BCUT2D eigenvalue weighted by Gasteiger charge is 2.47. The van der Waals surface area contributed by atoms with E-state index in [1.807, 2.05) is 0 Å². The SMILES string of the molecule is CCCCOC[C@H]1C[C@@H](OCOC)[C@H](OCCCC)[C@@H](OCCCC)[C@@H]1OCCCC. The van der Waals surface area contributed by atoms with Gasteiger partial charge >= 0.3 is 0 Å². The van der Waals surface area contributed by atoms with E-state index in [-0.39, 0.29) is 37.1 Å². The summed E-state index contributed by atoms with van der Waals surface area (Å²) in [6, 6.07) is 0. The molecule has 0 unspecified atom stereocenters. The second-order valence-corrected chi connectivity index (χ2v) is 8.60. The molecule has 0 radical (unpaired) electrons. The van der Waals surface area contributed by atoms with Gasteiger partial charge in [0.1, 0.15) is 19.0 Å². The molecule has 0 heterocycles. The molecule has 5 atom stereocenters. The van der Waals surface area contributed by atoms with E-state index in [1.165, 1.54) is 0 Å². The van der Waals surface area contributed by atoms with E-state index in [2.05, 4.69) is 27.7 Å². The molecule has 1 fully saturated rings. The predicted octanol–water partition coefficient (Wildman–Crippen LogP) is 5.37. The monoisotopic (exact) mass is 446 g/mol. The van der Waals surface area contributed by atoms with Crippen LogP contribution in [-0.4, -0.2) is 71.4 Å². The summed E-state index contributed by atoms with van der Waals surface area (Å²) in [5, 5.41) is 0. The number of hydrogen-bond acceptors (Lipinski definition) is 6. The van der Waals surface area contributed by atoms with Gasteiger partial charge in [-0.1, -0.05) is 53.4 Å². The topological polar surface area (TPSA) is 55.4 Å². The summed E-state index contributed by atoms with van der Waals surface area (Å²) in [6.45, 7) is 12.6. The first-order valence-corrected chi connectivity index (χ1v) is 12.8. The van der Waals surface area contributed by atoms with Crippen LogP contribution >= 0.6 is 0 Å². The van der Waals surface area contributed by atoms with Gasteiger partial charge in [0.15, 0.2) is 0 Å². The molecule has 186 valence electrons. The van der Waals surface area contributed by atoms with Gasteiger partial charge in [-0.25, -0.2) is 0 Å². The molecule has 1 aliphatic rings. The zero-order valence-electron chi connectivity index (χ0n) is 20.9. The van der Waals surface area contributed by atoms with E-state index in [0.717, 1.165) is 71.0 Å². The van der Waals surface area contributed by atoms with Crippen LogP contribution in [0.3, 0.4) is 0 Å². The number of methoxy groups -OCH3 is 1. The Kier molecular flexibility index (Phi) is 17.9. The summed E-state index contributed by atoms with van der Waals surface area (Å²) in [4.78, 5) is 0. The number of ether oxygens (including phenoxy) is 6. The molecule has 0 amide bonds. The third kappa shape index (κ3) is 11.4. The minimum atomic E-state index is -0.157. The maximum atomic E-state index is 6.45. The Labute approximate surface area is 191 Å². The number of unbranched alkanes of at least 4 members (excludes halogenated alkanes) is 4. The smallest absolute Gasteiger partial charge is 0.146 e. The van der Waals surface area contributed by atoms with Gasteiger partial charge in [-0.3, -0.25) is 0 Å². The van der Waals surface area contributed by atoms with Crippen molar-refractivity contribution in [1.82, 2.24) is 0 Å². The summed E-state index contributed by atoms with van der Waals surface area (Å²) in [5.74, 6) is 0.216. The Morgan fingerprint density at radius 1 is 0.613 bits per heavy atom. The van der Waals surface area contributed by atoms with E-state index in [9.17, 15) is 0 Å². The molecule has 0 bridgehead atoms. The first kappa shape index (κ1) is 28.8. The highest BCUT2D eigenvalue weighted by Crippen LogP contribution is 2.34. The standard InChI is InChI=1S/C25H50O6/c1-6-10-14-27-19-21-18-22(31-20-26-5)24(29-16-12-8-3)25(30-17-13-9-4)23(21)28-15-11-7-2/h21-25H,6-20H2,1-5H3/t21-,22-,23-,24+,25+/m1/s1. The molecule has 0 spiro atoms. The van der Waals surface area contributed by atoms with Crippen molar-refractivity contribution in [3.63, 3.8) is 0 Å². The molecular formula is C25H50O6. The van der Waals surface area contributed by atoms with Gasteiger partial charge in [0.05, 0.1) is 18.8 Å². The predicted molar refractivity (Wildman–Crippen MR) is 125 cm³/mol. The van der Waals surface area contributed by atoms with Crippen molar-refractivity contribution >= 4 is 0 Å². The van der Waals surface area contributed by atoms with Crippen LogP contribution in [0.5, 0.6) is 0 Å². The van der Waals surface area contributed by atoms with Crippen molar-refractivity contribution < 1.29 is 28.4 Å². The average molecular weight is 447 g/mol. The Bertz CT molecular complexity index is 394. The molecule has 31 heavy (non-hydrogen) atoms. The normalized spacial score (nSPS) is 26.4. The molecule has 0 saturated heterocycles. The highest BCUT2D eigenvalue weighted by molar-refractivity contribution is 4.96. The van der Waals surface area contributed by atoms with Gasteiger partial charge in [0, 0.05) is 39.5 Å². The molecule has 6 nitrogen and oxygen atoms in total. The lowest BCUT2D eigenvalue weighted by Gasteiger charge is -2.46. The Morgan fingerprint density at radius 3 is 1.68 bits per heavy atom. The molecule has 1 aliphatic carbocycles. The van der Waals surface area contributed by atoms with Crippen LogP contribution in [0.2, 0.25) is 0 Å². The molecule has 6 heteroatoms. The summed E-state index contributed by atoms with van der Waals surface area (Å²) in [5.41, 5.74) is 0. The van der Waals surface area contributed by atoms with Crippen LogP contribution in [-0.2, 0) is 28.4 Å². The zero-order valence-corrected chi connectivity index (χ0v) is 20.9.